The minimum atomic E-state index is -4.35. The van der Waals surface area contributed by atoms with Gasteiger partial charge in [0.05, 0.1) is 16.9 Å². The summed E-state index contributed by atoms with van der Waals surface area (Å²) >= 11 is 0. The molecule has 2 nitrogen and oxygen atoms in total. The Morgan fingerprint density at radius 3 is 2.26 bits per heavy atom. The molecule has 0 saturated heterocycles. The van der Waals surface area contributed by atoms with Gasteiger partial charge in [-0.25, -0.2) is 0 Å². The molecule has 0 aliphatic rings. The number of nitrogens with two attached hydrogens (primary N) is 1. The molecule has 0 aliphatic heterocycles. The van der Waals surface area contributed by atoms with E-state index >= 15 is 0 Å². The quantitative estimate of drug-likeness (QED) is 0.774. The van der Waals surface area contributed by atoms with Gasteiger partial charge < -0.3 is 11.1 Å². The maximum absolute atomic E-state index is 12.5. The normalized spacial score (nSPS) is 13.6. The monoisotopic (exact) mass is 274 g/mol. The van der Waals surface area contributed by atoms with E-state index in [4.69, 9.17) is 5.73 Å². The number of rotatable bonds is 5. The molecule has 0 bridgehead atoms. The zero-order valence-corrected chi connectivity index (χ0v) is 11.5. The number of anilines is 2. The van der Waals surface area contributed by atoms with Gasteiger partial charge in [-0.1, -0.05) is 13.8 Å². The third kappa shape index (κ3) is 5.01. The summed E-state index contributed by atoms with van der Waals surface area (Å²) in [5, 5.41) is 3.15. The van der Waals surface area contributed by atoms with E-state index in [1.165, 1.54) is 6.07 Å². The van der Waals surface area contributed by atoms with E-state index in [0.717, 1.165) is 25.0 Å². The number of nitrogen functional groups attached to an aromatic ring is 1. The second kappa shape index (κ2) is 6.17. The molecule has 1 aromatic carbocycles. The Hall–Kier alpha value is -1.39. The van der Waals surface area contributed by atoms with Crippen LogP contribution in [0.3, 0.4) is 0 Å². The molecular weight excluding hydrogens is 253 g/mol. The minimum Gasteiger partial charge on any atom is -0.397 e. The molecule has 19 heavy (non-hydrogen) atoms. The molecule has 1 rings (SSSR count). The van der Waals surface area contributed by atoms with Gasteiger partial charge in [0.25, 0.3) is 0 Å². The molecule has 0 aromatic heterocycles. The van der Waals surface area contributed by atoms with Gasteiger partial charge in [-0.2, -0.15) is 13.2 Å². The molecule has 0 amide bonds. The van der Waals surface area contributed by atoms with Gasteiger partial charge in [-0.3, -0.25) is 0 Å². The number of hydrogen-bond acceptors (Lipinski definition) is 2. The van der Waals surface area contributed by atoms with Crippen LogP contribution in [0, 0.1) is 5.92 Å². The highest BCUT2D eigenvalue weighted by Gasteiger charge is 2.30. The lowest BCUT2D eigenvalue weighted by molar-refractivity contribution is -0.137. The van der Waals surface area contributed by atoms with Crippen LogP contribution in [-0.2, 0) is 6.18 Å². The smallest absolute Gasteiger partial charge is 0.397 e. The Balaban J connectivity index is 2.70. The van der Waals surface area contributed by atoms with Gasteiger partial charge in [0.1, 0.15) is 0 Å². The molecule has 0 saturated carbocycles. The van der Waals surface area contributed by atoms with Crippen LogP contribution in [0.25, 0.3) is 0 Å². The Morgan fingerprint density at radius 2 is 1.79 bits per heavy atom. The lowest BCUT2D eigenvalue weighted by Crippen LogP contribution is -2.17. The first kappa shape index (κ1) is 15.7. The summed E-state index contributed by atoms with van der Waals surface area (Å²) < 4.78 is 37.5. The maximum atomic E-state index is 12.5. The lowest BCUT2D eigenvalue weighted by Gasteiger charge is -2.18. The Morgan fingerprint density at radius 1 is 1.16 bits per heavy atom. The molecule has 1 aromatic rings. The highest BCUT2D eigenvalue weighted by molar-refractivity contribution is 5.67. The molecule has 1 unspecified atom stereocenters. The first-order valence-corrected chi connectivity index (χ1v) is 6.43. The van der Waals surface area contributed by atoms with Crippen molar-refractivity contribution in [2.45, 2.75) is 45.8 Å². The average molecular weight is 274 g/mol. The molecule has 3 N–H and O–H groups in total. The topological polar surface area (TPSA) is 38.0 Å². The van der Waals surface area contributed by atoms with Crippen LogP contribution in [0.1, 0.15) is 39.2 Å². The summed E-state index contributed by atoms with van der Waals surface area (Å²) in [6.45, 7) is 6.28. The largest absolute Gasteiger partial charge is 0.416 e. The van der Waals surface area contributed by atoms with Crippen LogP contribution >= 0.6 is 0 Å². The van der Waals surface area contributed by atoms with Crippen LogP contribution in [0.5, 0.6) is 0 Å². The molecule has 0 spiro atoms. The Bertz CT molecular complexity index is 414. The number of halogens is 3. The maximum Gasteiger partial charge on any atom is 0.416 e. The van der Waals surface area contributed by atoms with E-state index in [9.17, 15) is 13.2 Å². The highest BCUT2D eigenvalue weighted by atomic mass is 19.4. The Kier molecular flexibility index (Phi) is 5.09. The fraction of sp³-hybridized carbons (Fsp3) is 0.571. The number of benzene rings is 1. The van der Waals surface area contributed by atoms with Crippen molar-refractivity contribution in [2.24, 2.45) is 5.92 Å². The number of nitrogens with one attached hydrogen (secondary N) is 1. The van der Waals surface area contributed by atoms with E-state index in [1.54, 1.807) is 0 Å². The fourth-order valence-corrected chi connectivity index (χ4v) is 1.79. The molecule has 0 radical (unpaired) electrons. The second-order valence-electron chi connectivity index (χ2n) is 5.32. The first-order valence-electron chi connectivity index (χ1n) is 6.43. The van der Waals surface area contributed by atoms with E-state index in [1.807, 2.05) is 6.92 Å². The summed E-state index contributed by atoms with van der Waals surface area (Å²) in [7, 11) is 0. The molecule has 0 fully saturated rings. The number of hydrogen-bond donors (Lipinski definition) is 2. The fourth-order valence-electron chi connectivity index (χ4n) is 1.79. The van der Waals surface area contributed by atoms with Crippen molar-refractivity contribution in [2.75, 3.05) is 11.1 Å². The van der Waals surface area contributed by atoms with Crippen molar-refractivity contribution in [3.8, 4) is 0 Å². The van der Waals surface area contributed by atoms with Gasteiger partial charge in [-0.05, 0) is 43.9 Å². The molecule has 108 valence electrons. The summed E-state index contributed by atoms with van der Waals surface area (Å²) in [6.07, 6.45) is -2.33. The molecule has 1 atom stereocenters. The molecule has 5 heteroatoms. The van der Waals surface area contributed by atoms with E-state index in [-0.39, 0.29) is 11.7 Å². The van der Waals surface area contributed by atoms with Gasteiger partial charge in [0.2, 0.25) is 0 Å². The van der Waals surface area contributed by atoms with E-state index in [2.05, 4.69) is 19.2 Å². The Labute approximate surface area is 112 Å². The van der Waals surface area contributed by atoms with E-state index < -0.39 is 11.7 Å². The zero-order valence-electron chi connectivity index (χ0n) is 11.5. The third-order valence-corrected chi connectivity index (χ3v) is 2.96. The van der Waals surface area contributed by atoms with Crippen molar-refractivity contribution < 1.29 is 13.2 Å². The van der Waals surface area contributed by atoms with Crippen molar-refractivity contribution in [3.63, 3.8) is 0 Å². The standard InChI is InChI=1S/C14H21F3N2/c1-9(2)4-5-10(3)19-13-7-6-11(8-12(13)18)14(15,16)17/h6-10,19H,4-5,18H2,1-3H3. The predicted molar refractivity (Wildman–Crippen MR) is 73.0 cm³/mol. The lowest BCUT2D eigenvalue weighted by atomic mass is 10.0. The zero-order chi connectivity index (χ0) is 14.6. The van der Waals surface area contributed by atoms with E-state index in [0.29, 0.717) is 11.6 Å². The average Bonchev–Trinajstić information content (AvgIpc) is 2.27. The van der Waals surface area contributed by atoms with Crippen LogP contribution < -0.4 is 11.1 Å². The summed E-state index contributed by atoms with van der Waals surface area (Å²) in [5.74, 6) is 0.606. The SMILES string of the molecule is CC(C)CCC(C)Nc1ccc(C(F)(F)F)cc1N. The van der Waals surface area contributed by atoms with Gasteiger partial charge >= 0.3 is 6.18 Å². The summed E-state index contributed by atoms with van der Waals surface area (Å²) in [6, 6.07) is 3.59. The molecular formula is C14H21F3N2. The van der Waals surface area contributed by atoms with Crippen molar-refractivity contribution in [1.82, 2.24) is 0 Å². The van der Waals surface area contributed by atoms with Gasteiger partial charge in [0.15, 0.2) is 0 Å². The summed E-state index contributed by atoms with van der Waals surface area (Å²) in [4.78, 5) is 0. The third-order valence-electron chi connectivity index (χ3n) is 2.96. The van der Waals surface area contributed by atoms with Crippen LogP contribution in [0.2, 0.25) is 0 Å². The van der Waals surface area contributed by atoms with Crippen LogP contribution in [-0.4, -0.2) is 6.04 Å². The van der Waals surface area contributed by atoms with Gasteiger partial charge in [0, 0.05) is 6.04 Å². The second-order valence-corrected chi connectivity index (χ2v) is 5.32. The van der Waals surface area contributed by atoms with Gasteiger partial charge in [-0.15, -0.1) is 0 Å². The molecule has 0 heterocycles. The molecule has 0 aliphatic carbocycles. The van der Waals surface area contributed by atoms with Crippen molar-refractivity contribution in [3.05, 3.63) is 23.8 Å². The minimum absolute atomic E-state index is 0.131. The van der Waals surface area contributed by atoms with Crippen molar-refractivity contribution >= 4 is 11.4 Å². The predicted octanol–water partition coefficient (Wildman–Crippen LogP) is 4.52. The first-order chi connectivity index (χ1) is 8.70. The van der Waals surface area contributed by atoms with Crippen molar-refractivity contribution in [1.29, 1.82) is 0 Å². The summed E-state index contributed by atoms with van der Waals surface area (Å²) in [5.41, 5.74) is 5.63. The van der Waals surface area contributed by atoms with Crippen LogP contribution in [0.4, 0.5) is 24.5 Å². The number of alkyl halides is 3. The highest BCUT2D eigenvalue weighted by Crippen LogP contribution is 2.33. The van der Waals surface area contributed by atoms with Crippen LogP contribution in [0.15, 0.2) is 18.2 Å².